The molecule has 0 radical (unpaired) electrons. The minimum atomic E-state index is -5.73. The first kappa shape index (κ1) is 18.8. The third-order valence-electron chi connectivity index (χ3n) is 3.32. The van der Waals surface area contributed by atoms with E-state index in [4.69, 9.17) is 0 Å². The van der Waals surface area contributed by atoms with E-state index in [2.05, 4.69) is 4.74 Å². The molecule has 0 N–H and O–H groups in total. The van der Waals surface area contributed by atoms with Gasteiger partial charge < -0.3 is 4.74 Å². The summed E-state index contributed by atoms with van der Waals surface area (Å²) in [5, 5.41) is 0. The molecule has 2 aromatic carbocycles. The van der Waals surface area contributed by atoms with Crippen molar-refractivity contribution in [1.29, 1.82) is 0 Å². The summed E-state index contributed by atoms with van der Waals surface area (Å²) in [5.41, 5.74) is 1.70. The molecule has 1 atom stereocenters. The Morgan fingerprint density at radius 1 is 0.880 bits per heavy atom. The van der Waals surface area contributed by atoms with Crippen molar-refractivity contribution < 1.29 is 35.9 Å². The topological polar surface area (TPSA) is 26.3 Å². The second-order valence-corrected chi connectivity index (χ2v) is 5.23. The molecule has 0 fully saturated rings. The maximum atomic E-state index is 13.2. The number of alkyl halides is 6. The third-order valence-corrected chi connectivity index (χ3v) is 3.32. The van der Waals surface area contributed by atoms with E-state index in [9.17, 15) is 31.1 Å². The quantitative estimate of drug-likeness (QED) is 0.524. The number of benzene rings is 2. The molecule has 0 saturated carbocycles. The van der Waals surface area contributed by atoms with Crippen LogP contribution in [-0.4, -0.2) is 24.2 Å². The van der Waals surface area contributed by atoms with Gasteiger partial charge in [0.05, 0.1) is 0 Å². The molecule has 0 aliphatic heterocycles. The Labute approximate surface area is 139 Å². The molecule has 0 aromatic heterocycles. The Morgan fingerprint density at radius 2 is 1.32 bits per heavy atom. The summed E-state index contributed by atoms with van der Waals surface area (Å²) in [6.07, 6.45) is -15.2. The van der Waals surface area contributed by atoms with Crippen LogP contribution in [0.1, 0.15) is 17.3 Å². The highest BCUT2D eigenvalue weighted by Gasteiger charge is 2.59. The standard InChI is InChI=1S/C17H12F6O2/c1-10(24)11-2-4-12(5-3-11)13-6-8-14(9-7-13)25-17(22,23)15(18)16(19,20)21/h2-9,15H,1H3. The lowest BCUT2D eigenvalue weighted by atomic mass is 10.0. The molecule has 0 heterocycles. The number of ketones is 1. The summed E-state index contributed by atoms with van der Waals surface area (Å²) < 4.78 is 79.2. The zero-order valence-corrected chi connectivity index (χ0v) is 12.8. The van der Waals surface area contributed by atoms with Gasteiger partial charge in [0.15, 0.2) is 5.78 Å². The fourth-order valence-electron chi connectivity index (χ4n) is 2.01. The maximum Gasteiger partial charge on any atom is 0.439 e. The number of halogens is 6. The Bertz CT molecular complexity index is 735. The Morgan fingerprint density at radius 3 is 1.72 bits per heavy atom. The summed E-state index contributed by atoms with van der Waals surface area (Å²) in [4.78, 5) is 11.2. The summed E-state index contributed by atoms with van der Waals surface area (Å²) >= 11 is 0. The van der Waals surface area contributed by atoms with Gasteiger partial charge in [-0.05, 0) is 30.2 Å². The molecule has 2 nitrogen and oxygen atoms in total. The van der Waals surface area contributed by atoms with Crippen molar-refractivity contribution in [2.24, 2.45) is 0 Å². The summed E-state index contributed by atoms with van der Waals surface area (Å²) in [6.45, 7) is 1.40. The van der Waals surface area contributed by atoms with Gasteiger partial charge in [-0.15, -0.1) is 0 Å². The van der Waals surface area contributed by atoms with Crippen molar-refractivity contribution in [3.05, 3.63) is 54.1 Å². The van der Waals surface area contributed by atoms with E-state index in [1.807, 2.05) is 0 Å². The predicted molar refractivity (Wildman–Crippen MR) is 78.4 cm³/mol. The number of hydrogen-bond donors (Lipinski definition) is 0. The van der Waals surface area contributed by atoms with Gasteiger partial charge in [-0.25, -0.2) is 4.39 Å². The fraction of sp³-hybridized carbons (Fsp3) is 0.235. The van der Waals surface area contributed by atoms with Gasteiger partial charge in [-0.2, -0.15) is 22.0 Å². The first-order valence-corrected chi connectivity index (χ1v) is 7.00. The van der Waals surface area contributed by atoms with Crippen LogP contribution in [0.25, 0.3) is 11.1 Å². The lowest BCUT2D eigenvalue weighted by Gasteiger charge is -2.23. The zero-order chi connectivity index (χ0) is 18.8. The monoisotopic (exact) mass is 362 g/mol. The molecule has 0 spiro atoms. The van der Waals surface area contributed by atoms with Crippen LogP contribution in [0.5, 0.6) is 5.75 Å². The fourth-order valence-corrected chi connectivity index (χ4v) is 2.01. The van der Waals surface area contributed by atoms with Crippen molar-refractivity contribution in [2.45, 2.75) is 25.4 Å². The summed E-state index contributed by atoms with van der Waals surface area (Å²) in [5.74, 6) is -0.732. The number of carbonyl (C=O) groups is 1. The van der Waals surface area contributed by atoms with Gasteiger partial charge in [-0.3, -0.25) is 4.79 Å². The van der Waals surface area contributed by atoms with Crippen LogP contribution in [0.3, 0.4) is 0 Å². The molecule has 0 aliphatic rings. The lowest BCUT2D eigenvalue weighted by Crippen LogP contribution is -2.45. The van der Waals surface area contributed by atoms with E-state index >= 15 is 0 Å². The zero-order valence-electron chi connectivity index (χ0n) is 12.8. The molecule has 0 bridgehead atoms. The molecule has 0 saturated heterocycles. The van der Waals surface area contributed by atoms with E-state index in [1.54, 1.807) is 24.3 Å². The Hall–Kier alpha value is -2.51. The van der Waals surface area contributed by atoms with Crippen LogP contribution < -0.4 is 4.74 Å². The van der Waals surface area contributed by atoms with Crippen LogP contribution in [-0.2, 0) is 0 Å². The average molecular weight is 362 g/mol. The molecule has 1 unspecified atom stereocenters. The van der Waals surface area contributed by atoms with Gasteiger partial charge in [0.1, 0.15) is 5.75 Å². The molecule has 0 aliphatic carbocycles. The first-order valence-electron chi connectivity index (χ1n) is 7.00. The van der Waals surface area contributed by atoms with E-state index in [0.29, 0.717) is 16.7 Å². The number of carbonyl (C=O) groups excluding carboxylic acids is 1. The molecule has 8 heteroatoms. The largest absolute Gasteiger partial charge is 0.439 e. The van der Waals surface area contributed by atoms with Crippen LogP contribution in [0, 0.1) is 0 Å². The second kappa shape index (κ2) is 6.78. The molecule has 134 valence electrons. The molecule has 2 aromatic rings. The van der Waals surface area contributed by atoms with Crippen molar-refractivity contribution in [3.63, 3.8) is 0 Å². The molecule has 25 heavy (non-hydrogen) atoms. The SMILES string of the molecule is CC(=O)c1ccc(-c2ccc(OC(F)(F)C(F)C(F)(F)F)cc2)cc1. The van der Waals surface area contributed by atoms with E-state index in [0.717, 1.165) is 12.1 Å². The van der Waals surface area contributed by atoms with Gasteiger partial charge >= 0.3 is 12.3 Å². The maximum absolute atomic E-state index is 13.2. The average Bonchev–Trinajstić information content (AvgIpc) is 2.54. The summed E-state index contributed by atoms with van der Waals surface area (Å²) in [6, 6.07) is 11.1. The molecular formula is C17H12F6O2. The van der Waals surface area contributed by atoms with Gasteiger partial charge in [0.25, 0.3) is 6.17 Å². The van der Waals surface area contributed by atoms with Gasteiger partial charge in [0, 0.05) is 5.56 Å². The highest BCUT2D eigenvalue weighted by molar-refractivity contribution is 5.94. The van der Waals surface area contributed by atoms with Crippen LogP contribution in [0.4, 0.5) is 26.3 Å². The lowest BCUT2D eigenvalue weighted by molar-refractivity contribution is -0.304. The third kappa shape index (κ3) is 4.52. The van der Waals surface area contributed by atoms with E-state index < -0.39 is 24.2 Å². The van der Waals surface area contributed by atoms with Crippen molar-refractivity contribution in [1.82, 2.24) is 0 Å². The number of hydrogen-bond acceptors (Lipinski definition) is 2. The van der Waals surface area contributed by atoms with Crippen molar-refractivity contribution >= 4 is 5.78 Å². The van der Waals surface area contributed by atoms with Crippen molar-refractivity contribution in [3.8, 4) is 16.9 Å². The minimum Gasteiger partial charge on any atom is -0.430 e. The van der Waals surface area contributed by atoms with Gasteiger partial charge in [0.2, 0.25) is 0 Å². The van der Waals surface area contributed by atoms with Crippen LogP contribution in [0.2, 0.25) is 0 Å². The van der Waals surface area contributed by atoms with Crippen LogP contribution in [0.15, 0.2) is 48.5 Å². The van der Waals surface area contributed by atoms with E-state index in [1.165, 1.54) is 19.1 Å². The smallest absolute Gasteiger partial charge is 0.430 e. The number of ether oxygens (including phenoxy) is 1. The first-order chi connectivity index (χ1) is 11.5. The van der Waals surface area contributed by atoms with Gasteiger partial charge in [-0.1, -0.05) is 36.4 Å². The number of Topliss-reactive ketones (excluding diaryl/α,β-unsaturated/α-hetero) is 1. The Balaban J connectivity index is 2.15. The van der Waals surface area contributed by atoms with E-state index in [-0.39, 0.29) is 5.78 Å². The van der Waals surface area contributed by atoms with Crippen molar-refractivity contribution in [2.75, 3.05) is 0 Å². The molecular weight excluding hydrogens is 350 g/mol. The highest BCUT2D eigenvalue weighted by Crippen LogP contribution is 2.36. The normalized spacial score (nSPS) is 13.4. The number of rotatable bonds is 5. The Kier molecular flexibility index (Phi) is 5.10. The molecule has 2 rings (SSSR count). The van der Waals surface area contributed by atoms with Crippen LogP contribution >= 0.6 is 0 Å². The predicted octanol–water partition coefficient (Wildman–Crippen LogP) is 5.43. The second-order valence-electron chi connectivity index (χ2n) is 5.23. The molecule has 0 amide bonds. The summed E-state index contributed by atoms with van der Waals surface area (Å²) in [7, 11) is 0. The minimum absolute atomic E-state index is 0.122. The highest BCUT2D eigenvalue weighted by atomic mass is 19.4.